The van der Waals surface area contributed by atoms with Gasteiger partial charge < -0.3 is 14.5 Å². The highest BCUT2D eigenvalue weighted by Gasteiger charge is 2.31. The van der Waals surface area contributed by atoms with Crippen molar-refractivity contribution in [1.29, 1.82) is 0 Å². The molecule has 1 saturated heterocycles. The standard InChI is InChI=1S/C19H20N2O3S/c1-13(2)12-24-15-6-3-5-14(9-15)10-17-18(22)21(19(25)20-17)11-16-7-4-8-23-16/h3-10,13H,11-12H2,1-2H3,(H,20,25)/b17-10+. The van der Waals surface area contributed by atoms with Crippen molar-refractivity contribution >= 4 is 29.3 Å². The Labute approximate surface area is 152 Å². The molecule has 1 aliphatic rings. The normalized spacial score (nSPS) is 16.0. The molecule has 1 amide bonds. The van der Waals surface area contributed by atoms with E-state index in [0.29, 0.717) is 35.6 Å². The average Bonchev–Trinajstić information content (AvgIpc) is 3.18. The van der Waals surface area contributed by atoms with Gasteiger partial charge in [-0.2, -0.15) is 0 Å². The van der Waals surface area contributed by atoms with Crippen molar-refractivity contribution in [2.45, 2.75) is 20.4 Å². The second-order valence-electron chi connectivity index (χ2n) is 6.24. The molecule has 1 aromatic carbocycles. The first-order chi connectivity index (χ1) is 12.0. The van der Waals surface area contributed by atoms with Crippen LogP contribution in [0.2, 0.25) is 0 Å². The fourth-order valence-electron chi connectivity index (χ4n) is 2.40. The number of ether oxygens (including phenoxy) is 1. The van der Waals surface area contributed by atoms with Crippen molar-refractivity contribution in [3.05, 3.63) is 59.7 Å². The molecule has 0 unspecified atom stereocenters. The molecule has 1 fully saturated rings. The van der Waals surface area contributed by atoms with E-state index in [1.165, 1.54) is 4.90 Å². The molecular weight excluding hydrogens is 336 g/mol. The van der Waals surface area contributed by atoms with Gasteiger partial charge in [0.1, 0.15) is 17.2 Å². The smallest absolute Gasteiger partial charge is 0.276 e. The third-order valence-corrected chi connectivity index (χ3v) is 3.93. The number of carbonyl (C=O) groups excluding carboxylic acids is 1. The summed E-state index contributed by atoms with van der Waals surface area (Å²) in [7, 11) is 0. The number of thiocarbonyl (C=S) groups is 1. The lowest BCUT2D eigenvalue weighted by Gasteiger charge is -2.11. The van der Waals surface area contributed by atoms with Gasteiger partial charge in [-0.1, -0.05) is 26.0 Å². The molecule has 0 aliphatic carbocycles. The van der Waals surface area contributed by atoms with E-state index in [1.54, 1.807) is 18.4 Å². The van der Waals surface area contributed by atoms with Gasteiger partial charge in [0, 0.05) is 0 Å². The minimum atomic E-state index is -0.171. The molecule has 3 rings (SSSR count). The van der Waals surface area contributed by atoms with E-state index >= 15 is 0 Å². The van der Waals surface area contributed by atoms with Crippen LogP contribution in [0.1, 0.15) is 25.2 Å². The molecule has 1 N–H and O–H groups in total. The van der Waals surface area contributed by atoms with Crippen LogP contribution in [0, 0.1) is 5.92 Å². The second-order valence-corrected chi connectivity index (χ2v) is 6.62. The number of carbonyl (C=O) groups is 1. The van der Waals surface area contributed by atoms with Crippen LogP contribution in [0.3, 0.4) is 0 Å². The molecule has 6 heteroatoms. The van der Waals surface area contributed by atoms with E-state index in [0.717, 1.165) is 11.3 Å². The van der Waals surface area contributed by atoms with Crippen LogP contribution in [0.4, 0.5) is 0 Å². The number of rotatable bonds is 6. The summed E-state index contributed by atoms with van der Waals surface area (Å²) in [5, 5.41) is 3.35. The number of benzene rings is 1. The van der Waals surface area contributed by atoms with Crippen LogP contribution in [0.15, 0.2) is 52.8 Å². The number of amides is 1. The minimum Gasteiger partial charge on any atom is -0.493 e. The summed E-state index contributed by atoms with van der Waals surface area (Å²) in [5.74, 6) is 1.74. The summed E-state index contributed by atoms with van der Waals surface area (Å²) in [6.07, 6.45) is 3.35. The van der Waals surface area contributed by atoms with Gasteiger partial charge in [-0.05, 0) is 54.0 Å². The predicted molar refractivity (Wildman–Crippen MR) is 99.7 cm³/mol. The Hall–Kier alpha value is -2.60. The summed E-state index contributed by atoms with van der Waals surface area (Å²) >= 11 is 5.27. The van der Waals surface area contributed by atoms with Crippen LogP contribution < -0.4 is 10.1 Å². The summed E-state index contributed by atoms with van der Waals surface area (Å²) in [4.78, 5) is 14.1. The van der Waals surface area contributed by atoms with E-state index in [2.05, 4.69) is 19.2 Å². The number of hydrogen-bond acceptors (Lipinski definition) is 4. The average molecular weight is 356 g/mol. The van der Waals surface area contributed by atoms with Crippen LogP contribution in [-0.2, 0) is 11.3 Å². The van der Waals surface area contributed by atoms with E-state index < -0.39 is 0 Å². The molecule has 0 bridgehead atoms. The first kappa shape index (κ1) is 17.2. The Bertz CT molecular complexity index is 797. The number of nitrogens with zero attached hydrogens (tertiary/aromatic N) is 1. The van der Waals surface area contributed by atoms with Crippen molar-refractivity contribution in [3.8, 4) is 5.75 Å². The van der Waals surface area contributed by atoms with E-state index in [9.17, 15) is 4.79 Å². The summed E-state index contributed by atoms with van der Waals surface area (Å²) in [6.45, 7) is 5.16. The van der Waals surface area contributed by atoms with Gasteiger partial charge in [0.05, 0.1) is 19.4 Å². The molecule has 2 heterocycles. The summed E-state index contributed by atoms with van der Waals surface area (Å²) < 4.78 is 11.0. The van der Waals surface area contributed by atoms with Gasteiger partial charge >= 0.3 is 0 Å². The van der Waals surface area contributed by atoms with Gasteiger partial charge in [-0.25, -0.2) is 0 Å². The molecule has 1 aromatic heterocycles. The Morgan fingerprint density at radius 1 is 1.32 bits per heavy atom. The van der Waals surface area contributed by atoms with Crippen molar-refractivity contribution in [1.82, 2.24) is 10.2 Å². The first-order valence-corrected chi connectivity index (χ1v) is 8.53. The molecule has 5 nitrogen and oxygen atoms in total. The van der Waals surface area contributed by atoms with E-state index in [4.69, 9.17) is 21.4 Å². The number of furan rings is 1. The zero-order chi connectivity index (χ0) is 17.8. The third kappa shape index (κ3) is 4.28. The first-order valence-electron chi connectivity index (χ1n) is 8.12. The quantitative estimate of drug-likeness (QED) is 0.633. The largest absolute Gasteiger partial charge is 0.493 e. The highest BCUT2D eigenvalue weighted by molar-refractivity contribution is 7.80. The molecule has 1 aliphatic heterocycles. The lowest BCUT2D eigenvalue weighted by Crippen LogP contribution is -2.29. The zero-order valence-corrected chi connectivity index (χ0v) is 15.0. The zero-order valence-electron chi connectivity index (χ0n) is 14.2. The maximum Gasteiger partial charge on any atom is 0.276 e. The van der Waals surface area contributed by atoms with Crippen molar-refractivity contribution in [3.63, 3.8) is 0 Å². The second kappa shape index (κ2) is 7.53. The number of hydrogen-bond donors (Lipinski definition) is 1. The fourth-order valence-corrected chi connectivity index (χ4v) is 2.65. The Morgan fingerprint density at radius 3 is 2.88 bits per heavy atom. The molecule has 0 atom stereocenters. The highest BCUT2D eigenvalue weighted by Crippen LogP contribution is 2.20. The van der Waals surface area contributed by atoms with Gasteiger partial charge in [-0.15, -0.1) is 0 Å². The van der Waals surface area contributed by atoms with Crippen LogP contribution in [-0.4, -0.2) is 22.5 Å². The van der Waals surface area contributed by atoms with Crippen molar-refractivity contribution < 1.29 is 13.9 Å². The van der Waals surface area contributed by atoms with Gasteiger partial charge in [0.2, 0.25) is 0 Å². The van der Waals surface area contributed by atoms with Gasteiger partial charge in [0.25, 0.3) is 5.91 Å². The van der Waals surface area contributed by atoms with Crippen LogP contribution >= 0.6 is 12.2 Å². The minimum absolute atomic E-state index is 0.171. The molecule has 25 heavy (non-hydrogen) atoms. The highest BCUT2D eigenvalue weighted by atomic mass is 32.1. The molecule has 130 valence electrons. The Morgan fingerprint density at radius 2 is 2.16 bits per heavy atom. The van der Waals surface area contributed by atoms with Gasteiger partial charge in [-0.3, -0.25) is 9.69 Å². The maximum absolute atomic E-state index is 12.6. The maximum atomic E-state index is 12.6. The van der Waals surface area contributed by atoms with Crippen LogP contribution in [0.25, 0.3) is 6.08 Å². The molecule has 0 spiro atoms. The third-order valence-electron chi connectivity index (χ3n) is 3.61. The lowest BCUT2D eigenvalue weighted by atomic mass is 10.1. The molecule has 0 radical (unpaired) electrons. The van der Waals surface area contributed by atoms with Crippen molar-refractivity contribution in [2.24, 2.45) is 5.92 Å². The number of nitrogens with one attached hydrogen (secondary N) is 1. The lowest BCUT2D eigenvalue weighted by molar-refractivity contribution is -0.122. The van der Waals surface area contributed by atoms with Gasteiger partial charge in [0.15, 0.2) is 5.11 Å². The van der Waals surface area contributed by atoms with Crippen molar-refractivity contribution in [2.75, 3.05) is 6.61 Å². The van der Waals surface area contributed by atoms with E-state index in [-0.39, 0.29) is 5.91 Å². The molecule has 2 aromatic rings. The monoisotopic (exact) mass is 356 g/mol. The molecular formula is C19H20N2O3S. The molecule has 0 saturated carbocycles. The topological polar surface area (TPSA) is 54.7 Å². The fraction of sp³-hybridized carbons (Fsp3) is 0.263. The van der Waals surface area contributed by atoms with E-state index in [1.807, 2.05) is 30.3 Å². The Kier molecular flexibility index (Phi) is 5.19. The Balaban J connectivity index is 1.74. The SMILES string of the molecule is CC(C)COc1cccc(/C=C2/NC(=S)N(Cc3ccco3)C2=O)c1. The summed E-state index contributed by atoms with van der Waals surface area (Å²) in [5.41, 5.74) is 1.32. The van der Waals surface area contributed by atoms with Crippen LogP contribution in [0.5, 0.6) is 5.75 Å². The predicted octanol–water partition coefficient (Wildman–Crippen LogP) is 3.57. The summed E-state index contributed by atoms with van der Waals surface area (Å²) in [6, 6.07) is 11.2.